The summed E-state index contributed by atoms with van der Waals surface area (Å²) in [5.41, 5.74) is 2.35. The highest BCUT2D eigenvalue weighted by Crippen LogP contribution is 2.52. The van der Waals surface area contributed by atoms with Crippen LogP contribution in [0.25, 0.3) is 0 Å². The van der Waals surface area contributed by atoms with Crippen LogP contribution in [0.1, 0.15) is 24.8 Å². The van der Waals surface area contributed by atoms with Crippen LogP contribution in [-0.4, -0.2) is 23.2 Å². The molecule has 1 spiro atoms. The fourth-order valence-electron chi connectivity index (χ4n) is 3.40. The lowest BCUT2D eigenvalue weighted by Gasteiger charge is -2.42. The molecule has 0 bridgehead atoms. The summed E-state index contributed by atoms with van der Waals surface area (Å²) < 4.78 is 0. The zero-order valence-corrected chi connectivity index (χ0v) is 10.3. The maximum absolute atomic E-state index is 9.35. The van der Waals surface area contributed by atoms with E-state index in [1.54, 1.807) is 12.4 Å². The normalized spacial score (nSPS) is 30.2. The minimum Gasteiger partial charge on any atom is -0.392 e. The van der Waals surface area contributed by atoms with Crippen LogP contribution in [0.4, 0.5) is 5.69 Å². The van der Waals surface area contributed by atoms with Gasteiger partial charge >= 0.3 is 0 Å². The van der Waals surface area contributed by atoms with Gasteiger partial charge in [-0.3, -0.25) is 4.98 Å². The van der Waals surface area contributed by atoms with Gasteiger partial charge in [0, 0.05) is 42.7 Å². The average Bonchev–Trinajstić information content (AvgIpc) is 2.81. The highest BCUT2D eigenvalue weighted by atomic mass is 16.3. The van der Waals surface area contributed by atoms with Gasteiger partial charge in [-0.15, -0.1) is 0 Å². The van der Waals surface area contributed by atoms with Crippen LogP contribution in [0.3, 0.4) is 0 Å². The van der Waals surface area contributed by atoms with E-state index in [1.807, 2.05) is 6.07 Å². The van der Waals surface area contributed by atoms with E-state index in [0.29, 0.717) is 5.41 Å². The first-order valence-electron chi connectivity index (χ1n) is 6.45. The largest absolute Gasteiger partial charge is 0.392 e. The van der Waals surface area contributed by atoms with E-state index in [0.717, 1.165) is 37.2 Å². The van der Waals surface area contributed by atoms with E-state index < -0.39 is 0 Å². The summed E-state index contributed by atoms with van der Waals surface area (Å²) in [6, 6.07) is 4.34. The predicted octanol–water partition coefficient (Wildman–Crippen LogP) is 1.70. The molecule has 0 radical (unpaired) electrons. The van der Waals surface area contributed by atoms with Crippen molar-refractivity contribution in [3.8, 4) is 6.07 Å². The number of aliphatic hydroxyl groups is 1. The smallest absolute Gasteiger partial charge is 0.0717 e. The molecule has 0 atom stereocenters. The molecule has 2 aliphatic rings. The van der Waals surface area contributed by atoms with Gasteiger partial charge < -0.3 is 10.0 Å². The van der Waals surface area contributed by atoms with Crippen molar-refractivity contribution in [2.24, 2.45) is 11.3 Å². The third kappa shape index (κ3) is 1.75. The number of aliphatic hydroxyl groups excluding tert-OH is 1. The highest BCUT2D eigenvalue weighted by Gasteiger charge is 2.48. The lowest BCUT2D eigenvalue weighted by Crippen LogP contribution is -2.39. The van der Waals surface area contributed by atoms with Gasteiger partial charge in [0.15, 0.2) is 0 Å². The van der Waals surface area contributed by atoms with Gasteiger partial charge in [0.2, 0.25) is 0 Å². The van der Waals surface area contributed by atoms with E-state index in [1.165, 1.54) is 6.42 Å². The molecule has 1 aliphatic heterocycles. The molecule has 2 fully saturated rings. The summed E-state index contributed by atoms with van der Waals surface area (Å²) in [6.07, 6.45) is 6.76. The van der Waals surface area contributed by atoms with E-state index in [4.69, 9.17) is 5.26 Å². The molecule has 1 aromatic rings. The molecule has 1 saturated carbocycles. The summed E-state index contributed by atoms with van der Waals surface area (Å²) in [5.74, 6) is 0.264. The topological polar surface area (TPSA) is 60.2 Å². The number of nitriles is 1. The van der Waals surface area contributed by atoms with Crippen molar-refractivity contribution in [1.29, 1.82) is 5.26 Å². The fourth-order valence-corrected chi connectivity index (χ4v) is 3.40. The van der Waals surface area contributed by atoms with Gasteiger partial charge in [0.05, 0.1) is 12.7 Å². The average molecular weight is 243 g/mol. The minimum absolute atomic E-state index is 0.0352. The Morgan fingerprint density at radius 3 is 3.11 bits per heavy atom. The number of hydrogen-bond donors (Lipinski definition) is 1. The van der Waals surface area contributed by atoms with Gasteiger partial charge in [-0.25, -0.2) is 0 Å². The monoisotopic (exact) mass is 243 g/mol. The molecular formula is C14H17N3O. The van der Waals surface area contributed by atoms with Crippen molar-refractivity contribution in [3.63, 3.8) is 0 Å². The Labute approximate surface area is 107 Å². The van der Waals surface area contributed by atoms with E-state index >= 15 is 0 Å². The van der Waals surface area contributed by atoms with Crippen LogP contribution in [-0.2, 0) is 6.61 Å². The van der Waals surface area contributed by atoms with Crippen LogP contribution in [0.15, 0.2) is 18.5 Å². The third-order valence-electron chi connectivity index (χ3n) is 4.37. The Kier molecular flexibility index (Phi) is 2.71. The molecule has 94 valence electrons. The second kappa shape index (κ2) is 4.25. The van der Waals surface area contributed by atoms with E-state index in [9.17, 15) is 5.11 Å². The summed E-state index contributed by atoms with van der Waals surface area (Å²) in [5, 5.41) is 18.2. The van der Waals surface area contributed by atoms with Gasteiger partial charge in [-0.05, 0) is 30.7 Å². The standard InChI is InChI=1S/C14H17N3O/c15-7-11-5-14(6-11)2-4-17(10-14)13-1-3-16-8-12(13)9-18/h1,3,8,11,18H,2,4-6,9-10H2. The van der Waals surface area contributed by atoms with Crippen molar-refractivity contribution in [2.45, 2.75) is 25.9 Å². The number of pyridine rings is 1. The van der Waals surface area contributed by atoms with Gasteiger partial charge in [0.1, 0.15) is 0 Å². The molecule has 0 amide bonds. The van der Waals surface area contributed by atoms with Crippen molar-refractivity contribution in [3.05, 3.63) is 24.0 Å². The minimum atomic E-state index is 0.0352. The van der Waals surface area contributed by atoms with Crippen LogP contribution in [0.2, 0.25) is 0 Å². The van der Waals surface area contributed by atoms with Crippen molar-refractivity contribution in [1.82, 2.24) is 4.98 Å². The van der Waals surface area contributed by atoms with Crippen molar-refractivity contribution in [2.75, 3.05) is 18.0 Å². The molecule has 1 N–H and O–H groups in total. The summed E-state index contributed by atoms with van der Waals surface area (Å²) in [6.45, 7) is 2.07. The van der Waals surface area contributed by atoms with Gasteiger partial charge in [-0.1, -0.05) is 0 Å². The second-order valence-corrected chi connectivity index (χ2v) is 5.57. The number of anilines is 1. The summed E-state index contributed by atoms with van der Waals surface area (Å²) in [7, 11) is 0. The Morgan fingerprint density at radius 2 is 2.39 bits per heavy atom. The van der Waals surface area contributed by atoms with Crippen LogP contribution in [0, 0.1) is 22.7 Å². The molecule has 1 aromatic heterocycles. The highest BCUT2D eigenvalue weighted by molar-refractivity contribution is 5.53. The molecule has 2 heterocycles. The predicted molar refractivity (Wildman–Crippen MR) is 67.8 cm³/mol. The molecule has 18 heavy (non-hydrogen) atoms. The maximum atomic E-state index is 9.35. The van der Waals surface area contributed by atoms with Gasteiger partial charge in [-0.2, -0.15) is 5.26 Å². The Balaban J connectivity index is 1.75. The number of aromatic nitrogens is 1. The van der Waals surface area contributed by atoms with Crippen LogP contribution in [0.5, 0.6) is 0 Å². The molecule has 1 saturated heterocycles. The van der Waals surface area contributed by atoms with Crippen LogP contribution >= 0.6 is 0 Å². The molecule has 3 rings (SSSR count). The Morgan fingerprint density at radius 1 is 1.56 bits per heavy atom. The first-order chi connectivity index (χ1) is 8.76. The number of hydrogen-bond acceptors (Lipinski definition) is 4. The first-order valence-corrected chi connectivity index (χ1v) is 6.45. The first kappa shape index (κ1) is 11.5. The third-order valence-corrected chi connectivity index (χ3v) is 4.37. The van der Waals surface area contributed by atoms with E-state index in [-0.39, 0.29) is 12.5 Å². The second-order valence-electron chi connectivity index (χ2n) is 5.57. The summed E-state index contributed by atoms with van der Waals surface area (Å²) in [4.78, 5) is 6.39. The number of nitrogens with zero attached hydrogens (tertiary/aromatic N) is 3. The zero-order valence-electron chi connectivity index (χ0n) is 10.3. The molecular weight excluding hydrogens is 226 g/mol. The quantitative estimate of drug-likeness (QED) is 0.859. The van der Waals surface area contributed by atoms with Crippen molar-refractivity contribution < 1.29 is 5.11 Å². The zero-order chi connectivity index (χ0) is 12.6. The summed E-state index contributed by atoms with van der Waals surface area (Å²) >= 11 is 0. The molecule has 4 nitrogen and oxygen atoms in total. The van der Waals surface area contributed by atoms with E-state index in [2.05, 4.69) is 16.0 Å². The van der Waals surface area contributed by atoms with Gasteiger partial charge in [0.25, 0.3) is 0 Å². The molecule has 4 heteroatoms. The Bertz CT molecular complexity index is 488. The lowest BCUT2D eigenvalue weighted by atomic mass is 9.62. The number of rotatable bonds is 2. The van der Waals surface area contributed by atoms with Crippen molar-refractivity contribution >= 4 is 5.69 Å². The molecule has 1 aliphatic carbocycles. The molecule has 0 aromatic carbocycles. The SMILES string of the molecule is N#CC1CC2(CCN(c3ccncc3CO)C2)C1. The molecule has 0 unspecified atom stereocenters. The maximum Gasteiger partial charge on any atom is 0.0717 e. The lowest BCUT2D eigenvalue weighted by molar-refractivity contribution is 0.115. The Hall–Kier alpha value is -1.60. The van der Waals surface area contributed by atoms with Crippen LogP contribution < -0.4 is 4.90 Å². The fraction of sp³-hybridized carbons (Fsp3) is 0.571.